The maximum Gasteiger partial charge on any atom is 0.195 e. The van der Waals surface area contributed by atoms with Gasteiger partial charge in [-0.05, 0) is 44.6 Å². The molecule has 1 aromatic rings. The van der Waals surface area contributed by atoms with Crippen LogP contribution in [0.5, 0.6) is 0 Å². The summed E-state index contributed by atoms with van der Waals surface area (Å²) in [6.45, 7) is 7.73. The Balaban J connectivity index is 2.12. The maximum absolute atomic E-state index is 5.32. The van der Waals surface area contributed by atoms with Crippen LogP contribution in [0, 0.1) is 10.7 Å². The van der Waals surface area contributed by atoms with E-state index in [0.717, 1.165) is 17.1 Å². The van der Waals surface area contributed by atoms with E-state index in [1.165, 1.54) is 25.9 Å². The maximum atomic E-state index is 5.32. The van der Waals surface area contributed by atoms with E-state index in [-0.39, 0.29) is 0 Å². The Morgan fingerprint density at radius 1 is 1.53 bits per heavy atom. The lowest BCUT2D eigenvalue weighted by Gasteiger charge is -2.30. The minimum absolute atomic E-state index is 0.421. The lowest BCUT2D eigenvalue weighted by Crippen LogP contribution is -2.34. The molecule has 1 aliphatic rings. The quantitative estimate of drug-likeness (QED) is 0.842. The number of likely N-dealkylation sites (tertiary alicyclic amines) is 1. The average Bonchev–Trinajstić information content (AvgIpc) is 2.61. The lowest BCUT2D eigenvalue weighted by molar-refractivity contribution is 0.193. The number of rotatable bonds is 3. The van der Waals surface area contributed by atoms with Gasteiger partial charge in [-0.3, -0.25) is 5.10 Å². The Labute approximate surface area is 108 Å². The molecule has 1 aliphatic heterocycles. The van der Waals surface area contributed by atoms with Gasteiger partial charge in [-0.1, -0.05) is 13.8 Å². The molecule has 0 aliphatic carbocycles. The second kappa shape index (κ2) is 5.31. The van der Waals surface area contributed by atoms with Gasteiger partial charge in [0.05, 0.1) is 0 Å². The van der Waals surface area contributed by atoms with Gasteiger partial charge in [0.2, 0.25) is 0 Å². The van der Waals surface area contributed by atoms with Gasteiger partial charge in [-0.15, -0.1) is 0 Å². The number of aromatic nitrogens is 3. The summed E-state index contributed by atoms with van der Waals surface area (Å²) >= 11 is 5.32. The van der Waals surface area contributed by atoms with E-state index in [9.17, 15) is 0 Å². The highest BCUT2D eigenvalue weighted by Crippen LogP contribution is 2.20. The summed E-state index contributed by atoms with van der Waals surface area (Å²) in [7, 11) is 2.20. The minimum Gasteiger partial charge on any atom is -0.306 e. The molecule has 0 bridgehead atoms. The van der Waals surface area contributed by atoms with Gasteiger partial charge in [0.25, 0.3) is 0 Å². The van der Waals surface area contributed by atoms with Crippen molar-refractivity contribution < 1.29 is 0 Å². The van der Waals surface area contributed by atoms with Crippen LogP contribution in [-0.2, 0) is 6.54 Å². The molecule has 1 fully saturated rings. The zero-order chi connectivity index (χ0) is 12.4. The molecule has 1 atom stereocenters. The molecular formula is C12H22N4S. The molecule has 1 unspecified atom stereocenters. The van der Waals surface area contributed by atoms with Gasteiger partial charge < -0.3 is 9.47 Å². The van der Waals surface area contributed by atoms with Crippen molar-refractivity contribution in [3.8, 4) is 0 Å². The SMILES string of the molecule is CC(C)c1n[nH]c(=S)n1CC1CCCN(C)C1. The second-order valence-electron chi connectivity index (χ2n) is 5.42. The Morgan fingerprint density at radius 3 is 2.94 bits per heavy atom. The minimum atomic E-state index is 0.421. The lowest BCUT2D eigenvalue weighted by atomic mass is 9.98. The fraction of sp³-hybridized carbons (Fsp3) is 0.833. The molecule has 0 aromatic carbocycles. The van der Waals surface area contributed by atoms with Crippen LogP contribution in [0.2, 0.25) is 0 Å². The average molecular weight is 254 g/mol. The zero-order valence-electron chi connectivity index (χ0n) is 10.9. The molecule has 4 nitrogen and oxygen atoms in total. The third-order valence-electron chi connectivity index (χ3n) is 3.47. The topological polar surface area (TPSA) is 36.9 Å². The molecule has 1 aromatic heterocycles. The van der Waals surface area contributed by atoms with E-state index in [1.807, 2.05) is 0 Å². The molecule has 1 N–H and O–H groups in total. The molecule has 5 heteroatoms. The third-order valence-corrected chi connectivity index (χ3v) is 3.78. The van der Waals surface area contributed by atoms with Crippen LogP contribution in [0.4, 0.5) is 0 Å². The summed E-state index contributed by atoms with van der Waals surface area (Å²) in [4.78, 5) is 2.41. The molecule has 0 saturated carbocycles. The summed E-state index contributed by atoms with van der Waals surface area (Å²) in [5.41, 5.74) is 0. The van der Waals surface area contributed by atoms with E-state index < -0.39 is 0 Å². The van der Waals surface area contributed by atoms with Crippen LogP contribution in [0.15, 0.2) is 0 Å². The second-order valence-corrected chi connectivity index (χ2v) is 5.81. The van der Waals surface area contributed by atoms with Crippen LogP contribution in [0.3, 0.4) is 0 Å². The van der Waals surface area contributed by atoms with Gasteiger partial charge in [0, 0.05) is 19.0 Å². The van der Waals surface area contributed by atoms with Crippen LogP contribution in [0.1, 0.15) is 38.4 Å². The monoisotopic (exact) mass is 254 g/mol. The highest BCUT2D eigenvalue weighted by molar-refractivity contribution is 7.71. The largest absolute Gasteiger partial charge is 0.306 e. The predicted molar refractivity (Wildman–Crippen MR) is 71.7 cm³/mol. The van der Waals surface area contributed by atoms with Gasteiger partial charge >= 0.3 is 0 Å². The normalized spacial score (nSPS) is 22.2. The summed E-state index contributed by atoms with van der Waals surface area (Å²) in [5.74, 6) is 2.21. The summed E-state index contributed by atoms with van der Waals surface area (Å²) in [6, 6.07) is 0. The first-order valence-electron chi connectivity index (χ1n) is 6.41. The van der Waals surface area contributed by atoms with Crippen molar-refractivity contribution in [2.75, 3.05) is 20.1 Å². The van der Waals surface area contributed by atoms with Crippen molar-refractivity contribution in [3.05, 3.63) is 10.6 Å². The molecule has 0 amide bonds. The molecular weight excluding hydrogens is 232 g/mol. The van der Waals surface area contributed by atoms with E-state index in [1.54, 1.807) is 0 Å². The Kier molecular flexibility index (Phi) is 3.99. The highest BCUT2D eigenvalue weighted by Gasteiger charge is 2.20. The van der Waals surface area contributed by atoms with E-state index in [4.69, 9.17) is 12.2 Å². The molecule has 2 heterocycles. The fourth-order valence-corrected chi connectivity index (χ4v) is 2.84. The van der Waals surface area contributed by atoms with Gasteiger partial charge in [0.1, 0.15) is 5.82 Å². The van der Waals surface area contributed by atoms with E-state index in [2.05, 4.69) is 40.6 Å². The van der Waals surface area contributed by atoms with Gasteiger partial charge in [-0.25, -0.2) is 0 Å². The number of nitrogens with zero attached hydrogens (tertiary/aromatic N) is 3. The number of H-pyrrole nitrogens is 1. The number of nitrogens with one attached hydrogen (secondary N) is 1. The van der Waals surface area contributed by atoms with Crippen molar-refractivity contribution in [2.45, 2.75) is 39.2 Å². The molecule has 96 valence electrons. The van der Waals surface area contributed by atoms with Crippen LogP contribution >= 0.6 is 12.2 Å². The summed E-state index contributed by atoms with van der Waals surface area (Å²) in [6.07, 6.45) is 2.60. The first-order chi connectivity index (χ1) is 8.08. The fourth-order valence-electron chi connectivity index (χ4n) is 2.63. The van der Waals surface area contributed by atoms with Crippen molar-refractivity contribution in [1.29, 1.82) is 0 Å². The molecule has 0 radical (unpaired) electrons. The Hall–Kier alpha value is -0.680. The van der Waals surface area contributed by atoms with E-state index in [0.29, 0.717) is 11.8 Å². The summed E-state index contributed by atoms with van der Waals surface area (Å²) < 4.78 is 2.95. The van der Waals surface area contributed by atoms with Crippen molar-refractivity contribution >= 4 is 12.2 Å². The highest BCUT2D eigenvalue weighted by atomic mass is 32.1. The van der Waals surface area contributed by atoms with Crippen LogP contribution in [0.25, 0.3) is 0 Å². The first-order valence-corrected chi connectivity index (χ1v) is 6.82. The van der Waals surface area contributed by atoms with Crippen molar-refractivity contribution in [2.24, 2.45) is 5.92 Å². The molecule has 1 saturated heterocycles. The van der Waals surface area contributed by atoms with Gasteiger partial charge in [0.15, 0.2) is 4.77 Å². The number of hydrogen-bond donors (Lipinski definition) is 1. The van der Waals surface area contributed by atoms with Gasteiger partial charge in [-0.2, -0.15) is 5.10 Å². The number of aromatic amines is 1. The van der Waals surface area contributed by atoms with Crippen molar-refractivity contribution in [1.82, 2.24) is 19.7 Å². The molecule has 2 rings (SSSR count). The van der Waals surface area contributed by atoms with Crippen LogP contribution in [-0.4, -0.2) is 39.8 Å². The zero-order valence-corrected chi connectivity index (χ0v) is 11.8. The number of piperidine rings is 1. The molecule has 0 spiro atoms. The Morgan fingerprint density at radius 2 is 2.29 bits per heavy atom. The first kappa shape index (κ1) is 12.8. The summed E-state index contributed by atoms with van der Waals surface area (Å²) in [5, 5.41) is 7.25. The smallest absolute Gasteiger partial charge is 0.195 e. The van der Waals surface area contributed by atoms with Crippen LogP contribution < -0.4 is 0 Å². The third kappa shape index (κ3) is 2.96. The van der Waals surface area contributed by atoms with E-state index >= 15 is 0 Å². The number of hydrogen-bond acceptors (Lipinski definition) is 3. The Bertz CT molecular complexity index is 420. The predicted octanol–water partition coefficient (Wildman–Crippen LogP) is 2.41. The van der Waals surface area contributed by atoms with Crippen molar-refractivity contribution in [3.63, 3.8) is 0 Å². The standard InChI is InChI=1S/C12H22N4S/c1-9(2)11-13-14-12(17)16(11)8-10-5-4-6-15(3)7-10/h9-10H,4-8H2,1-3H3,(H,14,17). The molecule has 17 heavy (non-hydrogen) atoms.